The molecule has 0 aromatic heterocycles. The molecule has 0 aliphatic heterocycles. The van der Waals surface area contributed by atoms with Gasteiger partial charge in [-0.25, -0.2) is 4.79 Å². The normalized spacial score (nSPS) is 7.82. The Bertz CT molecular complexity index is 175. The predicted molar refractivity (Wildman–Crippen MR) is 32.3 cm³/mol. The second-order valence-corrected chi connectivity index (χ2v) is 1.79. The van der Waals surface area contributed by atoms with Crippen molar-refractivity contribution >= 4 is 17.5 Å². The molecule has 0 saturated heterocycles. The van der Waals surface area contributed by atoms with Gasteiger partial charge in [0.15, 0.2) is 0 Å². The van der Waals surface area contributed by atoms with Gasteiger partial charge in [-0.15, -0.1) is 0 Å². The summed E-state index contributed by atoms with van der Waals surface area (Å²) in [5, 5.41) is 0. The first-order valence-corrected chi connectivity index (χ1v) is 2.68. The summed E-state index contributed by atoms with van der Waals surface area (Å²) >= 11 is 0. The van der Waals surface area contributed by atoms with Crippen molar-refractivity contribution < 1.29 is 48.7 Å². The van der Waals surface area contributed by atoms with Gasteiger partial charge in [-0.2, -0.15) is 0 Å². The van der Waals surface area contributed by atoms with Crippen LogP contribution in [0, 0.1) is 0 Å². The standard InChI is InChI=1S/C6H8O4.Na/c1-4(7)3-5(8)6(9)10-2;/h3H2,1-2H3;/q;+1. The van der Waals surface area contributed by atoms with Crippen LogP contribution < -0.4 is 29.6 Å². The van der Waals surface area contributed by atoms with Gasteiger partial charge < -0.3 is 4.74 Å². The molecule has 0 aromatic carbocycles. The van der Waals surface area contributed by atoms with E-state index in [9.17, 15) is 14.4 Å². The van der Waals surface area contributed by atoms with Crippen LogP contribution in [0.4, 0.5) is 0 Å². The molecular weight excluding hydrogens is 159 g/mol. The number of esters is 1. The average Bonchev–Trinajstić information content (AvgIpc) is 1.85. The van der Waals surface area contributed by atoms with Gasteiger partial charge in [0.2, 0.25) is 5.78 Å². The second-order valence-electron chi connectivity index (χ2n) is 1.79. The molecular formula is C6H8NaO4+. The summed E-state index contributed by atoms with van der Waals surface area (Å²) in [6.07, 6.45) is -0.368. The number of carbonyl (C=O) groups is 3. The fourth-order valence-electron chi connectivity index (χ4n) is 0.412. The third kappa shape index (κ3) is 6.22. The summed E-state index contributed by atoms with van der Waals surface area (Å²) < 4.78 is 4.07. The van der Waals surface area contributed by atoms with Crippen molar-refractivity contribution in [2.45, 2.75) is 13.3 Å². The second kappa shape index (κ2) is 6.52. The maximum atomic E-state index is 10.5. The molecule has 0 aliphatic carbocycles. The van der Waals surface area contributed by atoms with Crippen molar-refractivity contribution in [2.24, 2.45) is 0 Å². The van der Waals surface area contributed by atoms with Crippen LogP contribution in [-0.4, -0.2) is 24.6 Å². The Hall–Kier alpha value is -0.190. The number of hydrogen-bond donors (Lipinski definition) is 0. The summed E-state index contributed by atoms with van der Waals surface area (Å²) in [4.78, 5) is 31.1. The topological polar surface area (TPSA) is 60.4 Å². The molecule has 0 amide bonds. The van der Waals surface area contributed by atoms with Crippen LogP contribution in [0.5, 0.6) is 0 Å². The van der Waals surface area contributed by atoms with Gasteiger partial charge in [0.1, 0.15) is 5.78 Å². The van der Waals surface area contributed by atoms with Gasteiger partial charge in [-0.1, -0.05) is 0 Å². The minimum Gasteiger partial charge on any atom is -0.463 e. The molecule has 5 heteroatoms. The van der Waals surface area contributed by atoms with E-state index in [2.05, 4.69) is 4.74 Å². The van der Waals surface area contributed by atoms with E-state index in [1.165, 1.54) is 6.92 Å². The van der Waals surface area contributed by atoms with Crippen LogP contribution in [0.15, 0.2) is 0 Å². The van der Waals surface area contributed by atoms with Gasteiger partial charge in [0.25, 0.3) is 0 Å². The predicted octanol–water partition coefficient (Wildman–Crippen LogP) is -3.29. The van der Waals surface area contributed by atoms with E-state index in [4.69, 9.17) is 0 Å². The monoisotopic (exact) mass is 167 g/mol. The summed E-state index contributed by atoms with van der Waals surface area (Å²) in [7, 11) is 1.10. The number of hydrogen-bond acceptors (Lipinski definition) is 4. The molecule has 0 aromatic rings. The molecule has 11 heavy (non-hydrogen) atoms. The number of Topliss-reactive ketones (excluding diaryl/α,β-unsaturated/α-hetero) is 2. The zero-order valence-corrected chi connectivity index (χ0v) is 8.84. The smallest absolute Gasteiger partial charge is 0.463 e. The molecule has 0 radical (unpaired) electrons. The van der Waals surface area contributed by atoms with Gasteiger partial charge >= 0.3 is 35.5 Å². The van der Waals surface area contributed by atoms with E-state index in [0.717, 1.165) is 7.11 Å². The first-order chi connectivity index (χ1) is 4.57. The Kier molecular flexibility index (Phi) is 7.94. The fraction of sp³-hybridized carbons (Fsp3) is 0.500. The van der Waals surface area contributed by atoms with Crippen LogP contribution in [-0.2, 0) is 19.1 Å². The summed E-state index contributed by atoms with van der Waals surface area (Å²) in [5.74, 6) is -2.10. The Morgan fingerprint density at radius 2 is 1.73 bits per heavy atom. The molecule has 0 aliphatic rings. The van der Waals surface area contributed by atoms with E-state index in [0.29, 0.717) is 0 Å². The van der Waals surface area contributed by atoms with Crippen LogP contribution >= 0.6 is 0 Å². The molecule has 0 bridgehead atoms. The van der Waals surface area contributed by atoms with Crippen molar-refractivity contribution in [3.05, 3.63) is 0 Å². The first kappa shape index (κ1) is 13.4. The SMILES string of the molecule is COC(=O)C(=O)CC(C)=O.[Na+]. The van der Waals surface area contributed by atoms with E-state index in [-0.39, 0.29) is 41.8 Å². The van der Waals surface area contributed by atoms with Crippen molar-refractivity contribution in [1.82, 2.24) is 0 Å². The van der Waals surface area contributed by atoms with Crippen LogP contribution in [0.1, 0.15) is 13.3 Å². The molecule has 0 fully saturated rings. The number of carbonyl (C=O) groups excluding carboxylic acids is 3. The molecule has 0 saturated carbocycles. The van der Waals surface area contributed by atoms with Gasteiger partial charge in [0, 0.05) is 0 Å². The number of rotatable bonds is 3. The molecule has 4 nitrogen and oxygen atoms in total. The zero-order chi connectivity index (χ0) is 8.15. The molecule has 0 heterocycles. The molecule has 0 N–H and O–H groups in total. The third-order valence-corrected chi connectivity index (χ3v) is 0.823. The largest absolute Gasteiger partial charge is 1.00 e. The van der Waals surface area contributed by atoms with Crippen molar-refractivity contribution in [3.63, 3.8) is 0 Å². The molecule has 0 rings (SSSR count). The summed E-state index contributed by atoms with van der Waals surface area (Å²) in [6, 6.07) is 0. The average molecular weight is 167 g/mol. The van der Waals surface area contributed by atoms with Crippen molar-refractivity contribution in [3.8, 4) is 0 Å². The minimum atomic E-state index is -0.963. The Morgan fingerprint density at radius 3 is 2.00 bits per heavy atom. The molecule has 0 spiro atoms. The zero-order valence-electron chi connectivity index (χ0n) is 6.84. The fourth-order valence-corrected chi connectivity index (χ4v) is 0.412. The van der Waals surface area contributed by atoms with Crippen LogP contribution in [0.2, 0.25) is 0 Å². The van der Waals surface area contributed by atoms with Crippen LogP contribution in [0.3, 0.4) is 0 Å². The Labute approximate surface area is 86.6 Å². The maximum absolute atomic E-state index is 10.5. The Morgan fingerprint density at radius 1 is 1.27 bits per heavy atom. The van der Waals surface area contributed by atoms with E-state index in [1.54, 1.807) is 0 Å². The minimum absolute atomic E-state index is 0. The van der Waals surface area contributed by atoms with E-state index in [1.807, 2.05) is 0 Å². The molecule has 56 valence electrons. The van der Waals surface area contributed by atoms with Gasteiger partial charge in [-0.05, 0) is 6.92 Å². The number of ketones is 2. The van der Waals surface area contributed by atoms with E-state index >= 15 is 0 Å². The maximum Gasteiger partial charge on any atom is 1.00 e. The van der Waals surface area contributed by atoms with Gasteiger partial charge in [-0.3, -0.25) is 9.59 Å². The number of methoxy groups -OCH3 is 1. The van der Waals surface area contributed by atoms with Crippen molar-refractivity contribution in [2.75, 3.05) is 7.11 Å². The third-order valence-electron chi connectivity index (χ3n) is 0.823. The van der Waals surface area contributed by atoms with Crippen LogP contribution in [0.25, 0.3) is 0 Å². The molecule has 0 atom stereocenters. The first-order valence-electron chi connectivity index (χ1n) is 2.68. The van der Waals surface area contributed by atoms with Gasteiger partial charge in [0.05, 0.1) is 13.5 Å². The quantitative estimate of drug-likeness (QED) is 0.191. The Balaban J connectivity index is 0. The van der Waals surface area contributed by atoms with Crippen molar-refractivity contribution in [1.29, 1.82) is 0 Å². The summed E-state index contributed by atoms with van der Waals surface area (Å²) in [5.41, 5.74) is 0. The molecule has 0 unspecified atom stereocenters. The van der Waals surface area contributed by atoms with E-state index < -0.39 is 11.8 Å². The number of ether oxygens (including phenoxy) is 1. The summed E-state index contributed by atoms with van der Waals surface area (Å²) in [6.45, 7) is 1.24.